The summed E-state index contributed by atoms with van der Waals surface area (Å²) in [6.45, 7) is 2.29. The number of furan rings is 1. The zero-order valence-corrected chi connectivity index (χ0v) is 11.3. The van der Waals surface area contributed by atoms with Gasteiger partial charge in [-0.05, 0) is 12.5 Å². The average Bonchev–Trinajstić information content (AvgIpc) is 2.83. The Morgan fingerprint density at radius 1 is 1.42 bits per heavy atom. The molecule has 1 N–H and O–H groups in total. The number of hydrogen-bond acceptors (Lipinski definition) is 3. The Bertz CT molecular complexity index is 557. The standard InChI is InChI=1S/C15H19NO3/c1-3-11(9-17)15(18)16(2)8-12-10-19-14-7-5-4-6-13(12)14/h4-7,10-11,17H,3,8-9H2,1-2H3. The van der Waals surface area contributed by atoms with E-state index in [2.05, 4.69) is 0 Å². The van der Waals surface area contributed by atoms with Crippen LogP contribution >= 0.6 is 0 Å². The van der Waals surface area contributed by atoms with Gasteiger partial charge in [-0.15, -0.1) is 0 Å². The van der Waals surface area contributed by atoms with E-state index in [-0.39, 0.29) is 18.4 Å². The van der Waals surface area contributed by atoms with Crippen molar-refractivity contribution in [2.45, 2.75) is 19.9 Å². The summed E-state index contributed by atoms with van der Waals surface area (Å²) in [5, 5.41) is 10.2. The minimum atomic E-state index is -0.317. The van der Waals surface area contributed by atoms with Crippen molar-refractivity contribution in [3.8, 4) is 0 Å². The second kappa shape index (κ2) is 5.89. The predicted octanol–water partition coefficient (Wildman–Crippen LogP) is 2.41. The molecule has 0 aliphatic heterocycles. The molecule has 0 aliphatic rings. The Morgan fingerprint density at radius 2 is 2.16 bits per heavy atom. The summed E-state index contributed by atoms with van der Waals surface area (Å²) in [7, 11) is 1.75. The van der Waals surface area contributed by atoms with Gasteiger partial charge in [-0.25, -0.2) is 0 Å². The van der Waals surface area contributed by atoms with Crippen LogP contribution in [0.4, 0.5) is 0 Å². The maximum absolute atomic E-state index is 12.1. The van der Waals surface area contributed by atoms with E-state index in [0.29, 0.717) is 13.0 Å². The molecule has 1 heterocycles. The fourth-order valence-corrected chi connectivity index (χ4v) is 2.18. The smallest absolute Gasteiger partial charge is 0.228 e. The molecule has 0 saturated heterocycles. The molecule has 1 unspecified atom stereocenters. The molecule has 0 fully saturated rings. The second-order valence-corrected chi connectivity index (χ2v) is 4.74. The molecule has 0 aliphatic carbocycles. The molecular weight excluding hydrogens is 242 g/mol. The van der Waals surface area contributed by atoms with Crippen molar-refractivity contribution in [3.05, 3.63) is 36.1 Å². The zero-order chi connectivity index (χ0) is 13.8. The highest BCUT2D eigenvalue weighted by Crippen LogP contribution is 2.22. The lowest BCUT2D eigenvalue weighted by atomic mass is 10.1. The number of benzene rings is 1. The van der Waals surface area contributed by atoms with Crippen molar-refractivity contribution < 1.29 is 14.3 Å². The molecule has 0 saturated carbocycles. The fourth-order valence-electron chi connectivity index (χ4n) is 2.18. The molecule has 0 spiro atoms. The van der Waals surface area contributed by atoms with Gasteiger partial charge in [-0.1, -0.05) is 25.1 Å². The number of amides is 1. The number of aliphatic hydroxyl groups is 1. The van der Waals surface area contributed by atoms with Crippen molar-refractivity contribution in [2.75, 3.05) is 13.7 Å². The van der Waals surface area contributed by atoms with Crippen molar-refractivity contribution in [3.63, 3.8) is 0 Å². The maximum atomic E-state index is 12.1. The minimum Gasteiger partial charge on any atom is -0.464 e. The van der Waals surface area contributed by atoms with E-state index < -0.39 is 0 Å². The van der Waals surface area contributed by atoms with Gasteiger partial charge < -0.3 is 14.4 Å². The van der Waals surface area contributed by atoms with Gasteiger partial charge in [-0.3, -0.25) is 4.79 Å². The highest BCUT2D eigenvalue weighted by Gasteiger charge is 2.20. The number of fused-ring (bicyclic) bond motifs is 1. The van der Waals surface area contributed by atoms with Crippen LogP contribution in [-0.2, 0) is 11.3 Å². The van der Waals surface area contributed by atoms with Crippen molar-refractivity contribution in [1.82, 2.24) is 4.90 Å². The highest BCUT2D eigenvalue weighted by atomic mass is 16.3. The minimum absolute atomic E-state index is 0.0321. The van der Waals surface area contributed by atoms with E-state index in [1.807, 2.05) is 31.2 Å². The van der Waals surface area contributed by atoms with Gasteiger partial charge in [0.25, 0.3) is 0 Å². The summed E-state index contributed by atoms with van der Waals surface area (Å²) in [6.07, 6.45) is 2.33. The van der Waals surface area contributed by atoms with Crippen molar-refractivity contribution in [1.29, 1.82) is 0 Å². The molecule has 2 aromatic rings. The fraction of sp³-hybridized carbons (Fsp3) is 0.400. The van der Waals surface area contributed by atoms with Crippen LogP contribution in [0.15, 0.2) is 34.9 Å². The van der Waals surface area contributed by atoms with E-state index in [9.17, 15) is 9.90 Å². The number of rotatable bonds is 5. The summed E-state index contributed by atoms with van der Waals surface area (Å²) in [6, 6.07) is 7.76. The lowest BCUT2D eigenvalue weighted by molar-refractivity contribution is -0.136. The average molecular weight is 261 g/mol. The first kappa shape index (κ1) is 13.6. The van der Waals surface area contributed by atoms with E-state index in [4.69, 9.17) is 4.42 Å². The molecule has 0 bridgehead atoms. The van der Waals surface area contributed by atoms with Gasteiger partial charge in [0.15, 0.2) is 0 Å². The summed E-state index contributed by atoms with van der Waals surface area (Å²) >= 11 is 0. The van der Waals surface area contributed by atoms with Gasteiger partial charge in [0.2, 0.25) is 5.91 Å². The number of aliphatic hydroxyl groups excluding tert-OH is 1. The maximum Gasteiger partial charge on any atom is 0.228 e. The highest BCUT2D eigenvalue weighted by molar-refractivity contribution is 5.82. The van der Waals surface area contributed by atoms with Crippen LogP contribution in [0.2, 0.25) is 0 Å². The third kappa shape index (κ3) is 2.79. The summed E-state index contributed by atoms with van der Waals surface area (Å²) in [5.74, 6) is -0.349. The Kier molecular flexibility index (Phi) is 4.22. The van der Waals surface area contributed by atoms with Crippen LogP contribution in [0, 0.1) is 5.92 Å². The van der Waals surface area contributed by atoms with Gasteiger partial charge in [-0.2, -0.15) is 0 Å². The molecule has 0 radical (unpaired) electrons. The molecule has 1 atom stereocenters. The van der Waals surface area contributed by atoms with Gasteiger partial charge in [0.1, 0.15) is 5.58 Å². The zero-order valence-electron chi connectivity index (χ0n) is 11.3. The van der Waals surface area contributed by atoms with E-state index >= 15 is 0 Å². The molecule has 1 amide bonds. The molecule has 19 heavy (non-hydrogen) atoms. The van der Waals surface area contributed by atoms with E-state index in [1.165, 1.54) is 0 Å². The SMILES string of the molecule is CCC(CO)C(=O)N(C)Cc1coc2ccccc12. The second-order valence-electron chi connectivity index (χ2n) is 4.74. The lowest BCUT2D eigenvalue weighted by Crippen LogP contribution is -2.33. The van der Waals surface area contributed by atoms with Gasteiger partial charge in [0, 0.05) is 24.5 Å². The molecule has 4 heteroatoms. The van der Waals surface area contributed by atoms with E-state index in [1.54, 1.807) is 18.2 Å². The predicted molar refractivity (Wildman–Crippen MR) is 73.6 cm³/mol. The normalized spacial score (nSPS) is 12.6. The van der Waals surface area contributed by atoms with Gasteiger partial charge >= 0.3 is 0 Å². The first-order valence-electron chi connectivity index (χ1n) is 6.48. The first-order chi connectivity index (χ1) is 9.17. The van der Waals surface area contributed by atoms with Crippen LogP contribution in [0.3, 0.4) is 0 Å². The quantitative estimate of drug-likeness (QED) is 0.899. The number of carbonyl (C=O) groups excluding carboxylic acids is 1. The molecule has 1 aromatic carbocycles. The summed E-state index contributed by atoms with van der Waals surface area (Å²) in [4.78, 5) is 13.7. The third-order valence-corrected chi connectivity index (χ3v) is 3.41. The molecule has 4 nitrogen and oxygen atoms in total. The molecular formula is C15H19NO3. The van der Waals surface area contributed by atoms with Crippen LogP contribution < -0.4 is 0 Å². The monoisotopic (exact) mass is 261 g/mol. The number of para-hydroxylation sites is 1. The Morgan fingerprint density at radius 3 is 2.84 bits per heavy atom. The molecule has 102 valence electrons. The Balaban J connectivity index is 2.14. The van der Waals surface area contributed by atoms with Crippen molar-refractivity contribution >= 4 is 16.9 Å². The summed E-state index contributed by atoms with van der Waals surface area (Å²) in [5.41, 5.74) is 1.81. The molecule has 1 aromatic heterocycles. The van der Waals surface area contributed by atoms with Crippen molar-refractivity contribution in [2.24, 2.45) is 5.92 Å². The van der Waals surface area contributed by atoms with Crippen LogP contribution in [0.1, 0.15) is 18.9 Å². The largest absolute Gasteiger partial charge is 0.464 e. The number of nitrogens with zero attached hydrogens (tertiary/aromatic N) is 1. The molecule has 2 rings (SSSR count). The number of carbonyl (C=O) groups is 1. The summed E-state index contributed by atoms with van der Waals surface area (Å²) < 4.78 is 5.46. The third-order valence-electron chi connectivity index (χ3n) is 3.41. The first-order valence-corrected chi connectivity index (χ1v) is 6.48. The lowest BCUT2D eigenvalue weighted by Gasteiger charge is -2.21. The van der Waals surface area contributed by atoms with Crippen LogP contribution in [0.25, 0.3) is 11.0 Å². The van der Waals surface area contributed by atoms with Crippen LogP contribution in [0.5, 0.6) is 0 Å². The number of hydrogen-bond donors (Lipinski definition) is 1. The van der Waals surface area contributed by atoms with Gasteiger partial charge in [0.05, 0.1) is 18.8 Å². The Hall–Kier alpha value is -1.81. The van der Waals surface area contributed by atoms with Crippen LogP contribution in [-0.4, -0.2) is 29.6 Å². The Labute approximate surface area is 112 Å². The topological polar surface area (TPSA) is 53.7 Å². The van der Waals surface area contributed by atoms with E-state index in [0.717, 1.165) is 16.5 Å².